The van der Waals surface area contributed by atoms with Crippen LogP contribution in [-0.2, 0) is 14.6 Å². The van der Waals surface area contributed by atoms with Gasteiger partial charge in [0.15, 0.2) is 0 Å². The maximum absolute atomic E-state index is 12.6. The zero-order valence-corrected chi connectivity index (χ0v) is 12.9. The van der Waals surface area contributed by atoms with Crippen molar-refractivity contribution >= 4 is 15.7 Å². The normalized spacial score (nSPS) is 28.5. The van der Waals surface area contributed by atoms with Gasteiger partial charge in [0.1, 0.15) is 9.84 Å². The highest BCUT2D eigenvalue weighted by Crippen LogP contribution is 2.39. The summed E-state index contributed by atoms with van der Waals surface area (Å²) < 4.78 is 22.5. The number of hydrogen-bond donors (Lipinski definition) is 1. The number of sulfone groups is 1. The summed E-state index contributed by atoms with van der Waals surface area (Å²) in [6.07, 6.45) is 3.89. The summed E-state index contributed by atoms with van der Waals surface area (Å²) in [6, 6.07) is 0. The van der Waals surface area contributed by atoms with Crippen molar-refractivity contribution in [2.45, 2.75) is 19.3 Å². The maximum Gasteiger partial charge on any atom is 0.230 e. The molecule has 0 bridgehead atoms. The minimum Gasteiger partial charge on any atom is -0.395 e. The van der Waals surface area contributed by atoms with Crippen LogP contribution in [0.4, 0.5) is 0 Å². The van der Waals surface area contributed by atoms with Crippen LogP contribution in [0, 0.1) is 5.41 Å². The van der Waals surface area contributed by atoms with Gasteiger partial charge in [-0.2, -0.15) is 0 Å². The van der Waals surface area contributed by atoms with Crippen molar-refractivity contribution in [3.8, 4) is 0 Å². The number of amides is 1. The third kappa shape index (κ3) is 3.51. The molecule has 0 aromatic heterocycles. The summed E-state index contributed by atoms with van der Waals surface area (Å²) in [7, 11) is -2.96. The molecule has 0 aromatic rings. The van der Waals surface area contributed by atoms with Crippen molar-refractivity contribution < 1.29 is 18.3 Å². The predicted molar refractivity (Wildman–Crippen MR) is 76.1 cm³/mol. The van der Waals surface area contributed by atoms with E-state index in [9.17, 15) is 13.2 Å². The summed E-state index contributed by atoms with van der Waals surface area (Å²) in [6.45, 7) is 3.08. The monoisotopic (exact) mass is 304 g/mol. The largest absolute Gasteiger partial charge is 0.395 e. The molecule has 0 radical (unpaired) electrons. The van der Waals surface area contributed by atoms with Gasteiger partial charge in [0.2, 0.25) is 5.91 Å². The molecular formula is C13H24N2O4S. The van der Waals surface area contributed by atoms with Gasteiger partial charge in [0.05, 0.1) is 17.8 Å². The number of hydrogen-bond acceptors (Lipinski definition) is 5. The Hall–Kier alpha value is -0.660. The van der Waals surface area contributed by atoms with Crippen LogP contribution in [0.5, 0.6) is 0 Å². The Morgan fingerprint density at radius 2 is 2.00 bits per heavy atom. The number of nitrogens with zero attached hydrogens (tertiary/aromatic N) is 2. The second-order valence-electron chi connectivity index (χ2n) is 6.06. The van der Waals surface area contributed by atoms with Gasteiger partial charge in [-0.1, -0.05) is 0 Å². The first kappa shape index (κ1) is 15.7. The molecule has 20 heavy (non-hydrogen) atoms. The molecule has 2 heterocycles. The van der Waals surface area contributed by atoms with Gasteiger partial charge in [0, 0.05) is 32.4 Å². The van der Waals surface area contributed by atoms with E-state index < -0.39 is 9.84 Å². The van der Waals surface area contributed by atoms with Crippen LogP contribution >= 0.6 is 0 Å². The summed E-state index contributed by atoms with van der Waals surface area (Å²) in [5.41, 5.74) is -0.342. The molecule has 7 heteroatoms. The molecule has 0 aromatic carbocycles. The summed E-state index contributed by atoms with van der Waals surface area (Å²) in [5.74, 6) is 0.289. The van der Waals surface area contributed by atoms with Crippen molar-refractivity contribution in [2.75, 3.05) is 51.3 Å². The maximum atomic E-state index is 12.6. The number of aliphatic hydroxyl groups excluding tert-OH is 1. The van der Waals surface area contributed by atoms with Crippen LogP contribution in [0.3, 0.4) is 0 Å². The first-order chi connectivity index (χ1) is 9.36. The standard InChI is InChI=1S/C13H24N2O4S/c1-20(18,19)10-8-14-6-4-13(11-14)3-2-5-15(7-9-16)12(13)17/h16H,2-11H2,1H3. The number of β-amino-alcohol motifs (C(OH)–C–C–N with tert-alkyl or cyclic N) is 1. The molecule has 0 saturated carbocycles. The van der Waals surface area contributed by atoms with E-state index in [1.54, 1.807) is 4.90 Å². The second-order valence-corrected chi connectivity index (χ2v) is 8.32. The lowest BCUT2D eigenvalue weighted by Crippen LogP contribution is -2.51. The zero-order chi connectivity index (χ0) is 14.8. The highest BCUT2D eigenvalue weighted by atomic mass is 32.2. The number of piperidine rings is 1. The van der Waals surface area contributed by atoms with E-state index in [1.165, 1.54) is 6.26 Å². The topological polar surface area (TPSA) is 77.9 Å². The Morgan fingerprint density at radius 3 is 2.65 bits per heavy atom. The molecule has 116 valence electrons. The minimum absolute atomic E-state index is 0.000384. The average Bonchev–Trinajstić information content (AvgIpc) is 2.77. The summed E-state index contributed by atoms with van der Waals surface area (Å²) >= 11 is 0. The Balaban J connectivity index is 1.97. The van der Waals surface area contributed by atoms with E-state index in [-0.39, 0.29) is 23.7 Å². The smallest absolute Gasteiger partial charge is 0.230 e. The van der Waals surface area contributed by atoms with E-state index in [1.807, 2.05) is 0 Å². The van der Waals surface area contributed by atoms with Gasteiger partial charge in [-0.15, -0.1) is 0 Å². The van der Waals surface area contributed by atoms with E-state index in [2.05, 4.69) is 4.90 Å². The van der Waals surface area contributed by atoms with E-state index in [0.29, 0.717) is 19.6 Å². The predicted octanol–water partition coefficient (Wildman–Crippen LogP) is -0.662. The number of likely N-dealkylation sites (tertiary alicyclic amines) is 2. The molecule has 2 aliphatic heterocycles. The third-order valence-electron chi connectivity index (χ3n) is 4.41. The quantitative estimate of drug-likeness (QED) is 0.729. The van der Waals surface area contributed by atoms with E-state index in [0.717, 1.165) is 32.4 Å². The summed E-state index contributed by atoms with van der Waals surface area (Å²) in [4.78, 5) is 16.4. The highest BCUT2D eigenvalue weighted by molar-refractivity contribution is 7.90. The first-order valence-electron chi connectivity index (χ1n) is 7.17. The Bertz CT molecular complexity index is 463. The van der Waals surface area contributed by atoms with Gasteiger partial charge in [0.25, 0.3) is 0 Å². The van der Waals surface area contributed by atoms with Crippen LogP contribution in [-0.4, -0.2) is 80.6 Å². The van der Waals surface area contributed by atoms with E-state index >= 15 is 0 Å². The van der Waals surface area contributed by atoms with Crippen molar-refractivity contribution in [3.05, 3.63) is 0 Å². The van der Waals surface area contributed by atoms with Crippen molar-refractivity contribution in [1.29, 1.82) is 0 Å². The molecule has 1 atom stereocenters. The molecule has 0 aliphatic carbocycles. The van der Waals surface area contributed by atoms with Crippen LogP contribution in [0.2, 0.25) is 0 Å². The molecule has 2 fully saturated rings. The highest BCUT2D eigenvalue weighted by Gasteiger charge is 2.47. The van der Waals surface area contributed by atoms with Gasteiger partial charge in [-0.3, -0.25) is 4.79 Å². The lowest BCUT2D eigenvalue weighted by Gasteiger charge is -2.39. The zero-order valence-electron chi connectivity index (χ0n) is 12.0. The number of carbonyl (C=O) groups is 1. The fraction of sp³-hybridized carbons (Fsp3) is 0.923. The summed E-state index contributed by atoms with van der Waals surface area (Å²) in [5, 5.41) is 9.02. The molecule has 2 aliphatic rings. The first-order valence-corrected chi connectivity index (χ1v) is 9.23. The lowest BCUT2D eigenvalue weighted by atomic mass is 9.78. The van der Waals surface area contributed by atoms with Gasteiger partial charge < -0.3 is 14.9 Å². The Morgan fingerprint density at radius 1 is 1.25 bits per heavy atom. The number of aliphatic hydroxyl groups is 1. The second kappa shape index (κ2) is 5.99. The van der Waals surface area contributed by atoms with Gasteiger partial charge in [-0.05, 0) is 25.8 Å². The third-order valence-corrected chi connectivity index (χ3v) is 5.33. The lowest BCUT2D eigenvalue weighted by molar-refractivity contribution is -0.146. The fourth-order valence-corrected chi connectivity index (χ4v) is 3.90. The number of carbonyl (C=O) groups excluding carboxylic acids is 1. The SMILES string of the molecule is CS(=O)(=O)CCN1CCC2(CCCN(CCO)C2=O)C1. The molecule has 1 amide bonds. The molecular weight excluding hydrogens is 280 g/mol. The number of rotatable bonds is 5. The van der Waals surface area contributed by atoms with Crippen molar-refractivity contribution in [1.82, 2.24) is 9.80 Å². The van der Waals surface area contributed by atoms with Gasteiger partial charge >= 0.3 is 0 Å². The molecule has 1 N–H and O–H groups in total. The Labute approximate surface area is 120 Å². The minimum atomic E-state index is -2.96. The van der Waals surface area contributed by atoms with Crippen LogP contribution in [0.1, 0.15) is 19.3 Å². The van der Waals surface area contributed by atoms with Crippen LogP contribution in [0.15, 0.2) is 0 Å². The van der Waals surface area contributed by atoms with Crippen molar-refractivity contribution in [2.24, 2.45) is 5.41 Å². The molecule has 2 saturated heterocycles. The molecule has 1 spiro atoms. The Kier molecular flexibility index (Phi) is 4.71. The van der Waals surface area contributed by atoms with Crippen LogP contribution < -0.4 is 0 Å². The average molecular weight is 304 g/mol. The molecule has 6 nitrogen and oxygen atoms in total. The van der Waals surface area contributed by atoms with E-state index in [4.69, 9.17) is 5.11 Å². The van der Waals surface area contributed by atoms with Crippen LogP contribution in [0.25, 0.3) is 0 Å². The molecule has 1 unspecified atom stereocenters. The fourth-order valence-electron chi connectivity index (χ4n) is 3.31. The van der Waals surface area contributed by atoms with Crippen molar-refractivity contribution in [3.63, 3.8) is 0 Å². The van der Waals surface area contributed by atoms with Gasteiger partial charge in [-0.25, -0.2) is 8.42 Å². The molecule has 2 rings (SSSR count).